The van der Waals surface area contributed by atoms with Crippen LogP contribution in [-0.4, -0.2) is 48.5 Å². The van der Waals surface area contributed by atoms with Gasteiger partial charge in [-0.3, -0.25) is 14.9 Å². The molecule has 0 aliphatic carbocycles. The Morgan fingerprint density at radius 2 is 1.88 bits per heavy atom. The minimum Gasteiger partial charge on any atom is -0.487 e. The number of aromatic nitrogens is 1. The summed E-state index contributed by atoms with van der Waals surface area (Å²) in [4.78, 5) is 30.4. The van der Waals surface area contributed by atoms with Crippen molar-refractivity contribution in [2.24, 2.45) is 0 Å². The number of piperazine rings is 1. The Balaban J connectivity index is 1.70. The first kappa shape index (κ1) is 17.7. The van der Waals surface area contributed by atoms with Gasteiger partial charge in [-0.1, -0.05) is 0 Å². The van der Waals surface area contributed by atoms with Crippen molar-refractivity contribution in [1.29, 1.82) is 0 Å². The number of hydrogen-bond acceptors (Lipinski definition) is 5. The first-order valence-electron chi connectivity index (χ1n) is 8.51. The van der Waals surface area contributed by atoms with E-state index >= 15 is 0 Å². The summed E-state index contributed by atoms with van der Waals surface area (Å²) in [6, 6.07) is 8.36. The third-order valence-electron chi connectivity index (χ3n) is 4.34. The molecule has 0 atom stereocenters. The third-order valence-corrected chi connectivity index (χ3v) is 4.34. The molecule has 1 aromatic carbocycles. The number of carbonyl (C=O) groups is 1. The fourth-order valence-electron chi connectivity index (χ4n) is 3.01. The molecule has 1 aromatic heterocycles. The molecule has 1 N–H and O–H groups in total. The van der Waals surface area contributed by atoms with Gasteiger partial charge in [-0.05, 0) is 19.1 Å². The average Bonchev–Trinajstić information content (AvgIpc) is 2.68. The van der Waals surface area contributed by atoms with Crippen LogP contribution in [0.25, 0.3) is 0 Å². The maximum Gasteiger partial charge on any atom is 0.311 e. The van der Waals surface area contributed by atoms with Crippen molar-refractivity contribution in [2.45, 2.75) is 6.92 Å². The maximum atomic E-state index is 12.7. The van der Waals surface area contributed by atoms with Crippen LogP contribution in [0.3, 0.4) is 0 Å². The predicted molar refractivity (Wildman–Crippen MR) is 95.4 cm³/mol. The van der Waals surface area contributed by atoms with Gasteiger partial charge in [-0.25, -0.2) is 4.98 Å². The van der Waals surface area contributed by atoms with Crippen LogP contribution in [0.2, 0.25) is 0 Å². The number of amides is 1. The molecule has 3 rings (SSSR count). The molecule has 136 valence electrons. The number of anilines is 1. The molecular formula is C18H21N4O4+. The highest BCUT2D eigenvalue weighted by Crippen LogP contribution is 2.28. The Morgan fingerprint density at radius 3 is 2.50 bits per heavy atom. The number of hydrogen-bond donors (Lipinski definition) is 0. The van der Waals surface area contributed by atoms with E-state index in [1.807, 2.05) is 24.5 Å². The van der Waals surface area contributed by atoms with Crippen molar-refractivity contribution in [3.63, 3.8) is 0 Å². The number of pyridine rings is 1. The standard InChI is InChI=1S/C18H20N4O4/c1-2-26-17-4-3-14(13-16(17)22(24)25)18(23)21-11-9-20(10-12-21)15-5-7-19-8-6-15/h3-8,13H,2,9-12H2,1H3/p+1. The predicted octanol–water partition coefficient (Wildman–Crippen LogP) is 1.77. The summed E-state index contributed by atoms with van der Waals surface area (Å²) >= 11 is 0. The van der Waals surface area contributed by atoms with E-state index in [1.54, 1.807) is 17.9 Å². The second-order valence-corrected chi connectivity index (χ2v) is 5.91. The van der Waals surface area contributed by atoms with Crippen molar-refractivity contribution < 1.29 is 19.4 Å². The molecule has 1 aliphatic rings. The summed E-state index contributed by atoms with van der Waals surface area (Å²) < 4.78 is 5.27. The maximum absolute atomic E-state index is 12.7. The molecule has 0 saturated carbocycles. The normalized spacial score (nSPS) is 14.2. The molecule has 2 aromatic rings. The van der Waals surface area contributed by atoms with Gasteiger partial charge in [0.1, 0.15) is 0 Å². The molecule has 0 spiro atoms. The van der Waals surface area contributed by atoms with E-state index in [0.717, 1.165) is 18.8 Å². The molecule has 8 heteroatoms. The van der Waals surface area contributed by atoms with Crippen LogP contribution in [0.4, 0.5) is 11.4 Å². The lowest BCUT2D eigenvalue weighted by Crippen LogP contribution is -2.48. The van der Waals surface area contributed by atoms with Gasteiger partial charge in [0.15, 0.2) is 18.1 Å². The van der Waals surface area contributed by atoms with Crippen molar-refractivity contribution in [3.05, 3.63) is 58.4 Å². The lowest BCUT2D eigenvalue weighted by molar-refractivity contribution is -0.385. The Morgan fingerprint density at radius 1 is 1.19 bits per heavy atom. The molecule has 1 saturated heterocycles. The fraction of sp³-hybridized carbons (Fsp3) is 0.333. The molecule has 1 aliphatic heterocycles. The van der Waals surface area contributed by atoms with Gasteiger partial charge in [-0.2, -0.15) is 0 Å². The van der Waals surface area contributed by atoms with E-state index in [1.165, 1.54) is 12.1 Å². The monoisotopic (exact) mass is 357 g/mol. The van der Waals surface area contributed by atoms with Crippen LogP contribution < -0.4 is 14.6 Å². The van der Waals surface area contributed by atoms with E-state index in [2.05, 4.69) is 9.88 Å². The minimum atomic E-state index is -0.522. The molecular weight excluding hydrogens is 336 g/mol. The molecule has 8 nitrogen and oxygen atoms in total. The molecule has 1 amide bonds. The topological polar surface area (TPSA) is 90.1 Å². The number of nitrogens with zero attached hydrogens (tertiary/aromatic N) is 3. The number of ether oxygens (including phenoxy) is 1. The number of carbonyl (C=O) groups excluding carboxylic acids is 1. The van der Waals surface area contributed by atoms with Gasteiger partial charge in [0, 0.05) is 55.6 Å². The van der Waals surface area contributed by atoms with Gasteiger partial charge in [0.25, 0.3) is 5.91 Å². The molecule has 26 heavy (non-hydrogen) atoms. The number of rotatable bonds is 5. The van der Waals surface area contributed by atoms with Crippen LogP contribution in [0, 0.1) is 10.1 Å². The Kier molecular flexibility index (Phi) is 5.31. The lowest BCUT2D eigenvalue weighted by atomic mass is 10.1. The highest BCUT2D eigenvalue weighted by molar-refractivity contribution is 5.95. The Labute approximate surface area is 151 Å². The summed E-state index contributed by atoms with van der Waals surface area (Å²) in [7, 11) is 0. The fourth-order valence-corrected chi connectivity index (χ4v) is 3.01. The van der Waals surface area contributed by atoms with Crippen LogP contribution in [0.1, 0.15) is 17.3 Å². The van der Waals surface area contributed by atoms with Crippen LogP contribution >= 0.6 is 0 Å². The molecule has 0 radical (unpaired) electrons. The van der Waals surface area contributed by atoms with Crippen molar-refractivity contribution in [3.8, 4) is 5.75 Å². The molecule has 0 unspecified atom stereocenters. The number of H-pyrrole nitrogens is 1. The number of nitro benzene ring substituents is 1. The highest BCUT2D eigenvalue weighted by atomic mass is 16.6. The van der Waals surface area contributed by atoms with Gasteiger partial charge in [0.2, 0.25) is 0 Å². The van der Waals surface area contributed by atoms with E-state index in [4.69, 9.17) is 4.74 Å². The number of benzene rings is 1. The number of nitrogens with one attached hydrogen (secondary N) is 1. The van der Waals surface area contributed by atoms with Gasteiger partial charge in [-0.15, -0.1) is 0 Å². The van der Waals surface area contributed by atoms with E-state index in [0.29, 0.717) is 25.3 Å². The highest BCUT2D eigenvalue weighted by Gasteiger charge is 2.25. The van der Waals surface area contributed by atoms with Gasteiger partial charge >= 0.3 is 5.69 Å². The summed E-state index contributed by atoms with van der Waals surface area (Å²) in [5, 5.41) is 11.2. The summed E-state index contributed by atoms with van der Waals surface area (Å²) in [5.41, 5.74) is 1.23. The average molecular weight is 357 g/mol. The van der Waals surface area contributed by atoms with Crippen LogP contribution in [0.15, 0.2) is 42.7 Å². The second-order valence-electron chi connectivity index (χ2n) is 5.91. The zero-order chi connectivity index (χ0) is 18.5. The first-order chi connectivity index (χ1) is 12.6. The quantitative estimate of drug-likeness (QED) is 0.601. The number of aromatic amines is 1. The molecule has 1 fully saturated rings. The third kappa shape index (κ3) is 3.74. The van der Waals surface area contributed by atoms with Crippen molar-refractivity contribution in [1.82, 2.24) is 4.90 Å². The van der Waals surface area contributed by atoms with Crippen LogP contribution in [-0.2, 0) is 0 Å². The number of nitro groups is 1. The first-order valence-corrected chi connectivity index (χ1v) is 8.51. The SMILES string of the molecule is CCOc1ccc(C(=O)N2CCN(c3cc[nH+]cc3)CC2)cc1[N+](=O)[O-]. The zero-order valence-corrected chi connectivity index (χ0v) is 14.6. The van der Waals surface area contributed by atoms with Crippen LogP contribution in [0.5, 0.6) is 5.75 Å². The summed E-state index contributed by atoms with van der Waals surface area (Å²) in [6.45, 7) is 4.65. The second kappa shape index (κ2) is 7.81. The molecule has 2 heterocycles. The van der Waals surface area contributed by atoms with Crippen molar-refractivity contribution in [2.75, 3.05) is 37.7 Å². The lowest BCUT2D eigenvalue weighted by Gasteiger charge is -2.35. The van der Waals surface area contributed by atoms with E-state index in [-0.39, 0.29) is 17.3 Å². The van der Waals surface area contributed by atoms with Gasteiger partial charge in [0.05, 0.1) is 11.5 Å². The van der Waals surface area contributed by atoms with Gasteiger partial charge < -0.3 is 14.5 Å². The molecule has 0 bridgehead atoms. The Bertz CT molecular complexity index is 789. The minimum absolute atomic E-state index is 0.180. The summed E-state index contributed by atoms with van der Waals surface area (Å²) in [6.07, 6.45) is 3.73. The Hall–Kier alpha value is -3.16. The van der Waals surface area contributed by atoms with E-state index in [9.17, 15) is 14.9 Å². The van der Waals surface area contributed by atoms with E-state index < -0.39 is 4.92 Å². The largest absolute Gasteiger partial charge is 0.487 e. The smallest absolute Gasteiger partial charge is 0.311 e. The van der Waals surface area contributed by atoms with Crippen molar-refractivity contribution >= 4 is 17.3 Å². The zero-order valence-electron chi connectivity index (χ0n) is 14.6. The summed E-state index contributed by atoms with van der Waals surface area (Å²) in [5.74, 6) is -0.0167.